The zero-order valence-corrected chi connectivity index (χ0v) is 13.7. The van der Waals surface area contributed by atoms with Gasteiger partial charge in [0, 0.05) is 12.4 Å². The molecule has 26 heavy (non-hydrogen) atoms. The van der Waals surface area contributed by atoms with Gasteiger partial charge in [0.15, 0.2) is 5.69 Å². The van der Waals surface area contributed by atoms with Gasteiger partial charge in [0.1, 0.15) is 5.56 Å². The highest BCUT2D eigenvalue weighted by molar-refractivity contribution is 5.88. The molecule has 0 saturated carbocycles. The molecule has 0 spiro atoms. The Morgan fingerprint density at radius 2 is 1.65 bits per heavy atom. The zero-order valence-electron chi connectivity index (χ0n) is 13.7. The Kier molecular flexibility index (Phi) is 4.54. The Labute approximate surface area is 146 Å². The lowest BCUT2D eigenvalue weighted by molar-refractivity contribution is -0.142. The Bertz CT molecular complexity index is 926. The normalized spacial score (nSPS) is 11.7. The van der Waals surface area contributed by atoms with Crippen molar-refractivity contribution in [2.45, 2.75) is 26.2 Å². The lowest BCUT2D eigenvalue weighted by Crippen LogP contribution is -2.12. The van der Waals surface area contributed by atoms with Crippen molar-refractivity contribution in [3.63, 3.8) is 0 Å². The number of halogens is 3. The van der Waals surface area contributed by atoms with Crippen molar-refractivity contribution in [1.82, 2.24) is 19.6 Å². The molecule has 0 radical (unpaired) electrons. The molecule has 2 aromatic heterocycles. The summed E-state index contributed by atoms with van der Waals surface area (Å²) in [6, 6.07) is 7.22. The predicted octanol–water partition coefficient (Wildman–Crippen LogP) is 3.20. The van der Waals surface area contributed by atoms with E-state index in [0.717, 1.165) is 22.0 Å². The number of rotatable bonds is 5. The molecule has 9 heteroatoms. The van der Waals surface area contributed by atoms with Gasteiger partial charge in [-0.15, -0.1) is 0 Å². The third kappa shape index (κ3) is 3.93. The average molecular weight is 364 g/mol. The second kappa shape index (κ2) is 6.66. The number of benzene rings is 1. The second-order valence-electron chi connectivity index (χ2n) is 5.92. The maximum atomic E-state index is 12.9. The van der Waals surface area contributed by atoms with Crippen LogP contribution in [0, 0.1) is 6.92 Å². The van der Waals surface area contributed by atoms with E-state index in [9.17, 15) is 18.0 Å². The number of hydrogen-bond acceptors (Lipinski definition) is 3. The lowest BCUT2D eigenvalue weighted by atomic mass is 10.1. The van der Waals surface area contributed by atoms with Crippen LogP contribution < -0.4 is 0 Å². The molecule has 0 aliphatic carbocycles. The van der Waals surface area contributed by atoms with Gasteiger partial charge in [0.05, 0.1) is 19.3 Å². The van der Waals surface area contributed by atoms with E-state index in [0.29, 0.717) is 12.1 Å². The number of aryl methyl sites for hydroxylation is 1. The van der Waals surface area contributed by atoms with Crippen LogP contribution in [0.25, 0.3) is 0 Å². The molecule has 0 amide bonds. The van der Waals surface area contributed by atoms with Gasteiger partial charge in [0.2, 0.25) is 0 Å². The first kappa shape index (κ1) is 17.7. The summed E-state index contributed by atoms with van der Waals surface area (Å²) >= 11 is 0. The van der Waals surface area contributed by atoms with E-state index in [4.69, 9.17) is 5.11 Å². The highest BCUT2D eigenvalue weighted by Crippen LogP contribution is 2.30. The van der Waals surface area contributed by atoms with Crippen molar-refractivity contribution in [3.05, 3.63) is 70.8 Å². The van der Waals surface area contributed by atoms with E-state index >= 15 is 0 Å². The molecule has 1 aromatic carbocycles. The van der Waals surface area contributed by atoms with E-state index in [1.165, 1.54) is 0 Å². The molecular formula is C17H15F3N4O2. The molecule has 0 aliphatic heterocycles. The number of carboxylic acid groups (broad SMARTS) is 1. The van der Waals surface area contributed by atoms with Crippen molar-refractivity contribution in [2.24, 2.45) is 0 Å². The molecular weight excluding hydrogens is 349 g/mol. The van der Waals surface area contributed by atoms with Crippen LogP contribution in [0.1, 0.15) is 32.7 Å². The number of aromatic carboxylic acids is 1. The van der Waals surface area contributed by atoms with E-state index in [-0.39, 0.29) is 6.54 Å². The summed E-state index contributed by atoms with van der Waals surface area (Å²) in [5.41, 5.74) is 0.493. The lowest BCUT2D eigenvalue weighted by Gasteiger charge is -2.06. The Morgan fingerprint density at radius 3 is 2.08 bits per heavy atom. The third-order valence-corrected chi connectivity index (χ3v) is 3.74. The number of alkyl halides is 3. The maximum absolute atomic E-state index is 12.9. The van der Waals surface area contributed by atoms with Gasteiger partial charge < -0.3 is 5.11 Å². The summed E-state index contributed by atoms with van der Waals surface area (Å²) in [6.45, 7) is 2.56. The van der Waals surface area contributed by atoms with Crippen molar-refractivity contribution in [3.8, 4) is 0 Å². The SMILES string of the molecule is Cc1cnn(Cc2ccc(Cn3cc(C(=O)O)c(C(F)(F)F)n3)cc2)c1. The van der Waals surface area contributed by atoms with Crippen molar-refractivity contribution < 1.29 is 23.1 Å². The van der Waals surface area contributed by atoms with Gasteiger partial charge in [-0.2, -0.15) is 23.4 Å². The van der Waals surface area contributed by atoms with Crippen LogP contribution in [0.4, 0.5) is 13.2 Å². The first-order valence-electron chi connectivity index (χ1n) is 7.67. The first-order chi connectivity index (χ1) is 12.2. The number of carboxylic acids is 1. The average Bonchev–Trinajstić information content (AvgIpc) is 3.15. The molecule has 136 valence electrons. The van der Waals surface area contributed by atoms with Gasteiger partial charge in [-0.25, -0.2) is 4.79 Å². The van der Waals surface area contributed by atoms with Crippen LogP contribution in [0.3, 0.4) is 0 Å². The Balaban J connectivity index is 1.76. The predicted molar refractivity (Wildman–Crippen MR) is 85.8 cm³/mol. The zero-order chi connectivity index (χ0) is 18.9. The summed E-state index contributed by atoms with van der Waals surface area (Å²) in [4.78, 5) is 11.0. The fourth-order valence-corrected chi connectivity index (χ4v) is 2.55. The van der Waals surface area contributed by atoms with Crippen LogP contribution in [0.5, 0.6) is 0 Å². The van der Waals surface area contributed by atoms with Crippen molar-refractivity contribution >= 4 is 5.97 Å². The fraction of sp³-hybridized carbons (Fsp3) is 0.235. The topological polar surface area (TPSA) is 72.9 Å². The van der Waals surface area contributed by atoms with Crippen LogP contribution in [-0.2, 0) is 19.3 Å². The molecule has 0 saturated heterocycles. The van der Waals surface area contributed by atoms with Crippen LogP contribution in [0.15, 0.2) is 42.9 Å². The minimum absolute atomic E-state index is 0.0392. The van der Waals surface area contributed by atoms with Crippen molar-refractivity contribution in [1.29, 1.82) is 0 Å². The number of carbonyl (C=O) groups is 1. The van der Waals surface area contributed by atoms with Crippen molar-refractivity contribution in [2.75, 3.05) is 0 Å². The van der Waals surface area contributed by atoms with Gasteiger partial charge in [0.25, 0.3) is 0 Å². The van der Waals surface area contributed by atoms with Crippen LogP contribution in [-0.4, -0.2) is 30.6 Å². The highest BCUT2D eigenvalue weighted by atomic mass is 19.4. The molecule has 3 rings (SSSR count). The third-order valence-electron chi connectivity index (χ3n) is 3.74. The van der Waals surface area contributed by atoms with E-state index in [1.54, 1.807) is 23.0 Å². The van der Waals surface area contributed by atoms with Gasteiger partial charge in [-0.3, -0.25) is 9.36 Å². The molecule has 0 aliphatic rings. The van der Waals surface area contributed by atoms with Gasteiger partial charge in [-0.05, 0) is 23.6 Å². The van der Waals surface area contributed by atoms with Gasteiger partial charge in [-0.1, -0.05) is 24.3 Å². The van der Waals surface area contributed by atoms with E-state index in [2.05, 4.69) is 10.2 Å². The number of nitrogens with zero attached hydrogens (tertiary/aromatic N) is 4. The molecule has 0 fully saturated rings. The minimum Gasteiger partial charge on any atom is -0.478 e. The molecule has 0 bridgehead atoms. The fourth-order valence-electron chi connectivity index (χ4n) is 2.55. The molecule has 2 heterocycles. The van der Waals surface area contributed by atoms with Crippen LogP contribution >= 0.6 is 0 Å². The number of aromatic nitrogens is 4. The molecule has 6 nitrogen and oxygen atoms in total. The molecule has 1 N–H and O–H groups in total. The number of hydrogen-bond donors (Lipinski definition) is 1. The first-order valence-corrected chi connectivity index (χ1v) is 7.67. The molecule has 3 aromatic rings. The summed E-state index contributed by atoms with van der Waals surface area (Å²) in [7, 11) is 0. The Hall–Kier alpha value is -3.10. The summed E-state index contributed by atoms with van der Waals surface area (Å²) in [5, 5.41) is 16.5. The Morgan fingerprint density at radius 1 is 1.08 bits per heavy atom. The highest BCUT2D eigenvalue weighted by Gasteiger charge is 2.39. The monoisotopic (exact) mass is 364 g/mol. The molecule has 0 unspecified atom stereocenters. The smallest absolute Gasteiger partial charge is 0.436 e. The second-order valence-corrected chi connectivity index (χ2v) is 5.92. The quantitative estimate of drug-likeness (QED) is 0.755. The van der Waals surface area contributed by atoms with E-state index < -0.39 is 23.4 Å². The van der Waals surface area contributed by atoms with Gasteiger partial charge >= 0.3 is 12.1 Å². The summed E-state index contributed by atoms with van der Waals surface area (Å²) in [5.74, 6) is -1.66. The standard InChI is InChI=1S/C17H15F3N4O2/c1-11-6-21-23(7-11)8-12-2-4-13(5-3-12)9-24-10-14(16(25)26)15(22-24)17(18,19)20/h2-7,10H,8-9H2,1H3,(H,25,26). The minimum atomic E-state index is -4.81. The largest absolute Gasteiger partial charge is 0.478 e. The summed E-state index contributed by atoms with van der Waals surface area (Å²) < 4.78 is 41.4. The summed E-state index contributed by atoms with van der Waals surface area (Å²) in [6.07, 6.45) is -0.260. The van der Waals surface area contributed by atoms with Crippen LogP contribution in [0.2, 0.25) is 0 Å². The maximum Gasteiger partial charge on any atom is 0.436 e. The molecule has 0 atom stereocenters. The van der Waals surface area contributed by atoms with E-state index in [1.807, 2.05) is 25.3 Å².